The molecule has 0 aliphatic rings. The summed E-state index contributed by atoms with van der Waals surface area (Å²) >= 11 is 0. The Balaban J connectivity index is 2.07. The predicted molar refractivity (Wildman–Crippen MR) is 82.2 cm³/mol. The van der Waals surface area contributed by atoms with Crippen molar-refractivity contribution in [2.24, 2.45) is 0 Å². The summed E-state index contributed by atoms with van der Waals surface area (Å²) in [7, 11) is 0. The highest BCUT2D eigenvalue weighted by Crippen LogP contribution is 2.27. The highest BCUT2D eigenvalue weighted by Gasteiger charge is 2.09. The maximum absolute atomic E-state index is 13.9. The highest BCUT2D eigenvalue weighted by atomic mass is 19.1. The number of hydrogen-bond acceptors (Lipinski definition) is 2. The molecule has 0 fully saturated rings. The minimum atomic E-state index is -0.689. The van der Waals surface area contributed by atoms with Crippen LogP contribution in [0.15, 0.2) is 42.5 Å². The minimum absolute atomic E-state index is 0.167. The molecule has 2 nitrogen and oxygen atoms in total. The Bertz CT molecular complexity index is 576. The second kappa shape index (κ2) is 7.23. The summed E-state index contributed by atoms with van der Waals surface area (Å²) in [5, 5.41) is 9.42. The Labute approximate surface area is 125 Å². The molecule has 21 heavy (non-hydrogen) atoms. The van der Waals surface area contributed by atoms with E-state index in [1.165, 1.54) is 18.1 Å². The predicted octanol–water partition coefficient (Wildman–Crippen LogP) is 5.01. The lowest BCUT2D eigenvalue weighted by molar-refractivity contribution is 0.198. The zero-order valence-corrected chi connectivity index (χ0v) is 12.5. The van der Waals surface area contributed by atoms with Crippen molar-refractivity contribution in [3.63, 3.8) is 0 Å². The third kappa shape index (κ3) is 4.30. The van der Waals surface area contributed by atoms with E-state index in [0.717, 1.165) is 12.8 Å². The monoisotopic (exact) mass is 288 g/mol. The third-order valence-corrected chi connectivity index (χ3v) is 3.41. The van der Waals surface area contributed by atoms with Gasteiger partial charge in [-0.2, -0.15) is 0 Å². The van der Waals surface area contributed by atoms with Crippen LogP contribution in [0.25, 0.3) is 0 Å². The van der Waals surface area contributed by atoms with Gasteiger partial charge in [0.05, 0.1) is 6.10 Å². The van der Waals surface area contributed by atoms with Crippen molar-refractivity contribution in [2.75, 3.05) is 0 Å². The van der Waals surface area contributed by atoms with Crippen LogP contribution in [0.5, 0.6) is 11.5 Å². The fourth-order valence-corrected chi connectivity index (χ4v) is 2.09. The SMILES string of the molecule is CCCCc1ccc(Oc2ccc([C@@H](C)O)cc2F)cc1. The van der Waals surface area contributed by atoms with E-state index in [0.29, 0.717) is 11.3 Å². The molecule has 2 aromatic carbocycles. The molecule has 0 heterocycles. The molecular weight excluding hydrogens is 267 g/mol. The number of aryl methyl sites for hydroxylation is 1. The van der Waals surface area contributed by atoms with E-state index in [4.69, 9.17) is 4.74 Å². The van der Waals surface area contributed by atoms with E-state index in [1.54, 1.807) is 19.1 Å². The molecule has 112 valence electrons. The van der Waals surface area contributed by atoms with Crippen molar-refractivity contribution in [3.05, 3.63) is 59.4 Å². The van der Waals surface area contributed by atoms with Gasteiger partial charge in [-0.25, -0.2) is 4.39 Å². The van der Waals surface area contributed by atoms with Crippen LogP contribution in [0, 0.1) is 5.82 Å². The summed E-state index contributed by atoms with van der Waals surface area (Å²) < 4.78 is 19.5. The number of ether oxygens (including phenoxy) is 1. The lowest BCUT2D eigenvalue weighted by Gasteiger charge is -2.10. The minimum Gasteiger partial charge on any atom is -0.454 e. The molecule has 0 aromatic heterocycles. The first-order chi connectivity index (χ1) is 10.1. The van der Waals surface area contributed by atoms with E-state index in [2.05, 4.69) is 6.92 Å². The van der Waals surface area contributed by atoms with Crippen LogP contribution in [0.3, 0.4) is 0 Å². The molecule has 2 rings (SSSR count). The van der Waals surface area contributed by atoms with Gasteiger partial charge in [-0.15, -0.1) is 0 Å². The van der Waals surface area contributed by atoms with Crippen molar-refractivity contribution in [2.45, 2.75) is 39.2 Å². The van der Waals surface area contributed by atoms with E-state index in [-0.39, 0.29) is 5.75 Å². The summed E-state index contributed by atoms with van der Waals surface area (Å²) in [5.41, 5.74) is 1.80. The number of unbranched alkanes of at least 4 members (excludes halogenated alkanes) is 1. The van der Waals surface area contributed by atoms with Gasteiger partial charge in [-0.05, 0) is 55.2 Å². The van der Waals surface area contributed by atoms with Crippen LogP contribution in [0.1, 0.15) is 43.9 Å². The van der Waals surface area contributed by atoms with Gasteiger partial charge < -0.3 is 9.84 Å². The second-order valence-corrected chi connectivity index (χ2v) is 5.22. The fourth-order valence-electron chi connectivity index (χ4n) is 2.09. The number of rotatable bonds is 6. The number of hydrogen-bond donors (Lipinski definition) is 1. The van der Waals surface area contributed by atoms with Gasteiger partial charge in [0.15, 0.2) is 11.6 Å². The molecule has 0 aliphatic heterocycles. The smallest absolute Gasteiger partial charge is 0.166 e. The van der Waals surface area contributed by atoms with Gasteiger partial charge in [0, 0.05) is 0 Å². The first kappa shape index (κ1) is 15.5. The van der Waals surface area contributed by atoms with E-state index in [1.807, 2.05) is 24.3 Å². The molecule has 0 radical (unpaired) electrons. The number of benzene rings is 2. The summed E-state index contributed by atoms with van der Waals surface area (Å²) in [6.07, 6.45) is 2.69. The normalized spacial score (nSPS) is 12.2. The Morgan fingerprint density at radius 3 is 2.43 bits per heavy atom. The van der Waals surface area contributed by atoms with Crippen LogP contribution in [-0.2, 0) is 6.42 Å². The summed E-state index contributed by atoms with van der Waals surface area (Å²) in [4.78, 5) is 0. The molecule has 0 unspecified atom stereocenters. The van der Waals surface area contributed by atoms with Crippen LogP contribution in [0.2, 0.25) is 0 Å². The molecule has 0 aliphatic carbocycles. The first-order valence-electron chi connectivity index (χ1n) is 7.34. The topological polar surface area (TPSA) is 29.5 Å². The second-order valence-electron chi connectivity index (χ2n) is 5.22. The van der Waals surface area contributed by atoms with Crippen LogP contribution in [0.4, 0.5) is 4.39 Å². The molecule has 0 amide bonds. The number of aliphatic hydroxyl groups is 1. The lowest BCUT2D eigenvalue weighted by Crippen LogP contribution is -1.94. The van der Waals surface area contributed by atoms with Gasteiger partial charge in [-0.3, -0.25) is 0 Å². The Morgan fingerprint density at radius 1 is 1.14 bits per heavy atom. The average Bonchev–Trinajstić information content (AvgIpc) is 2.48. The van der Waals surface area contributed by atoms with Gasteiger partial charge in [-0.1, -0.05) is 31.5 Å². The van der Waals surface area contributed by atoms with Crippen LogP contribution >= 0.6 is 0 Å². The van der Waals surface area contributed by atoms with Crippen LogP contribution in [-0.4, -0.2) is 5.11 Å². The molecular formula is C18H21FO2. The zero-order valence-electron chi connectivity index (χ0n) is 12.5. The first-order valence-corrected chi connectivity index (χ1v) is 7.34. The molecule has 0 bridgehead atoms. The molecule has 3 heteroatoms. The van der Waals surface area contributed by atoms with Gasteiger partial charge >= 0.3 is 0 Å². The Hall–Kier alpha value is -1.87. The standard InChI is InChI=1S/C18H21FO2/c1-3-4-5-14-6-9-16(10-7-14)21-18-11-8-15(13(2)20)12-17(18)19/h6-13,20H,3-5H2,1-2H3/t13-/m1/s1. The van der Waals surface area contributed by atoms with E-state index < -0.39 is 11.9 Å². The molecule has 1 N–H and O–H groups in total. The van der Waals surface area contributed by atoms with Gasteiger partial charge in [0.1, 0.15) is 5.75 Å². The van der Waals surface area contributed by atoms with Gasteiger partial charge in [0.25, 0.3) is 0 Å². The molecule has 0 saturated heterocycles. The van der Waals surface area contributed by atoms with E-state index >= 15 is 0 Å². The van der Waals surface area contributed by atoms with Crippen molar-refractivity contribution >= 4 is 0 Å². The lowest BCUT2D eigenvalue weighted by atomic mass is 10.1. The highest BCUT2D eigenvalue weighted by molar-refractivity contribution is 5.36. The molecule has 2 aromatic rings. The fraction of sp³-hybridized carbons (Fsp3) is 0.333. The maximum Gasteiger partial charge on any atom is 0.166 e. The van der Waals surface area contributed by atoms with Gasteiger partial charge in [0.2, 0.25) is 0 Å². The number of aliphatic hydroxyl groups excluding tert-OH is 1. The molecule has 0 saturated carbocycles. The summed E-state index contributed by atoms with van der Waals surface area (Å²) in [6, 6.07) is 12.2. The molecule has 1 atom stereocenters. The summed E-state index contributed by atoms with van der Waals surface area (Å²) in [5.74, 6) is 0.308. The average molecular weight is 288 g/mol. The maximum atomic E-state index is 13.9. The van der Waals surface area contributed by atoms with Crippen molar-refractivity contribution in [3.8, 4) is 11.5 Å². The Kier molecular flexibility index (Phi) is 5.34. The van der Waals surface area contributed by atoms with E-state index in [9.17, 15) is 9.50 Å². The largest absolute Gasteiger partial charge is 0.454 e. The Morgan fingerprint density at radius 2 is 1.86 bits per heavy atom. The summed E-state index contributed by atoms with van der Waals surface area (Å²) in [6.45, 7) is 3.77. The molecule has 0 spiro atoms. The van der Waals surface area contributed by atoms with Crippen molar-refractivity contribution in [1.82, 2.24) is 0 Å². The quantitative estimate of drug-likeness (QED) is 0.809. The van der Waals surface area contributed by atoms with Crippen LogP contribution < -0.4 is 4.74 Å². The number of halogens is 1. The van der Waals surface area contributed by atoms with Crippen molar-refractivity contribution < 1.29 is 14.2 Å². The zero-order chi connectivity index (χ0) is 15.2. The third-order valence-electron chi connectivity index (χ3n) is 3.41. The van der Waals surface area contributed by atoms with Crippen molar-refractivity contribution in [1.29, 1.82) is 0 Å².